The van der Waals surface area contributed by atoms with Gasteiger partial charge in [0.25, 0.3) is 5.69 Å². The zero-order chi connectivity index (χ0) is 10.6. The molecule has 0 atom stereocenters. The normalized spacial score (nSPS) is 9.86. The van der Waals surface area contributed by atoms with Crippen LogP contribution in [0.1, 0.15) is 0 Å². The van der Waals surface area contributed by atoms with E-state index in [-0.39, 0.29) is 18.0 Å². The first kappa shape index (κ1) is 10.8. The lowest BCUT2D eigenvalue weighted by atomic mass is 10.3. The SMILES string of the molecule is O=[N+]([O-])c1ccc(OCCS)c(F)c1. The molecule has 6 heteroatoms. The number of thiol groups is 1. The summed E-state index contributed by atoms with van der Waals surface area (Å²) in [5, 5.41) is 10.3. The van der Waals surface area contributed by atoms with Crippen LogP contribution >= 0.6 is 12.6 Å². The average Bonchev–Trinajstić information content (AvgIpc) is 2.15. The third-order valence-corrected chi connectivity index (χ3v) is 1.66. The summed E-state index contributed by atoms with van der Waals surface area (Å²) in [5.74, 6) is -0.276. The van der Waals surface area contributed by atoms with E-state index in [2.05, 4.69) is 12.6 Å². The molecule has 1 aromatic rings. The Kier molecular flexibility index (Phi) is 3.70. The minimum Gasteiger partial charge on any atom is -0.490 e. The summed E-state index contributed by atoms with van der Waals surface area (Å²) in [6, 6.07) is 3.25. The Balaban J connectivity index is 2.84. The minimum absolute atomic E-state index is 0.00431. The molecule has 1 rings (SSSR count). The Hall–Kier alpha value is -1.30. The van der Waals surface area contributed by atoms with Gasteiger partial charge < -0.3 is 4.74 Å². The highest BCUT2D eigenvalue weighted by molar-refractivity contribution is 7.80. The van der Waals surface area contributed by atoms with Gasteiger partial charge in [-0.15, -0.1) is 0 Å². The van der Waals surface area contributed by atoms with Crippen LogP contribution in [-0.2, 0) is 0 Å². The first-order chi connectivity index (χ1) is 6.65. The molecule has 0 saturated heterocycles. The molecule has 76 valence electrons. The summed E-state index contributed by atoms with van der Waals surface area (Å²) in [4.78, 5) is 9.60. The molecule has 0 bridgehead atoms. The lowest BCUT2D eigenvalue weighted by molar-refractivity contribution is -0.385. The molecule has 0 amide bonds. The molecule has 0 aliphatic carbocycles. The predicted octanol–water partition coefficient (Wildman–Crippen LogP) is 2.04. The van der Waals surface area contributed by atoms with Gasteiger partial charge in [0, 0.05) is 11.8 Å². The van der Waals surface area contributed by atoms with Crippen LogP contribution in [0, 0.1) is 15.9 Å². The van der Waals surface area contributed by atoms with Crippen molar-refractivity contribution < 1.29 is 14.1 Å². The lowest BCUT2D eigenvalue weighted by Gasteiger charge is -2.04. The number of hydrogen-bond acceptors (Lipinski definition) is 4. The van der Waals surface area contributed by atoms with Gasteiger partial charge >= 0.3 is 0 Å². The van der Waals surface area contributed by atoms with Crippen molar-refractivity contribution in [1.29, 1.82) is 0 Å². The molecule has 0 saturated carbocycles. The van der Waals surface area contributed by atoms with Gasteiger partial charge in [-0.3, -0.25) is 10.1 Å². The topological polar surface area (TPSA) is 52.4 Å². The Labute approximate surface area is 85.2 Å². The summed E-state index contributed by atoms with van der Waals surface area (Å²) < 4.78 is 18.0. The van der Waals surface area contributed by atoms with E-state index in [4.69, 9.17) is 4.74 Å². The number of nitrogens with zero attached hydrogens (tertiary/aromatic N) is 1. The van der Waals surface area contributed by atoms with Gasteiger partial charge in [-0.2, -0.15) is 12.6 Å². The van der Waals surface area contributed by atoms with Crippen LogP contribution < -0.4 is 4.74 Å². The van der Waals surface area contributed by atoms with Gasteiger partial charge in [-0.1, -0.05) is 0 Å². The highest BCUT2D eigenvalue weighted by atomic mass is 32.1. The second kappa shape index (κ2) is 4.80. The maximum atomic E-state index is 13.1. The van der Waals surface area contributed by atoms with Gasteiger partial charge in [-0.25, -0.2) is 4.39 Å². The number of nitro groups is 1. The van der Waals surface area contributed by atoms with Crippen molar-refractivity contribution in [2.24, 2.45) is 0 Å². The van der Waals surface area contributed by atoms with Crippen molar-refractivity contribution in [1.82, 2.24) is 0 Å². The van der Waals surface area contributed by atoms with Crippen molar-refractivity contribution in [2.75, 3.05) is 12.4 Å². The van der Waals surface area contributed by atoms with Crippen LogP contribution in [0.2, 0.25) is 0 Å². The number of nitro benzene ring substituents is 1. The van der Waals surface area contributed by atoms with E-state index in [1.807, 2.05) is 0 Å². The number of non-ortho nitro benzene ring substituents is 1. The second-order valence-corrected chi connectivity index (χ2v) is 2.89. The molecule has 0 radical (unpaired) electrons. The van der Waals surface area contributed by atoms with Crippen molar-refractivity contribution in [3.05, 3.63) is 34.1 Å². The van der Waals surface area contributed by atoms with Crippen molar-refractivity contribution >= 4 is 18.3 Å². The maximum absolute atomic E-state index is 13.1. The predicted molar refractivity (Wildman–Crippen MR) is 52.4 cm³/mol. The van der Waals surface area contributed by atoms with E-state index in [0.717, 1.165) is 6.07 Å². The fourth-order valence-corrected chi connectivity index (χ4v) is 0.967. The Bertz CT molecular complexity index is 345. The van der Waals surface area contributed by atoms with Crippen LogP contribution in [0.4, 0.5) is 10.1 Å². The molecule has 0 aliphatic rings. The van der Waals surface area contributed by atoms with Gasteiger partial charge in [0.2, 0.25) is 0 Å². The number of hydrogen-bond donors (Lipinski definition) is 1. The first-order valence-corrected chi connectivity index (χ1v) is 4.46. The maximum Gasteiger partial charge on any atom is 0.272 e. The fraction of sp³-hybridized carbons (Fsp3) is 0.250. The molecule has 14 heavy (non-hydrogen) atoms. The van der Waals surface area contributed by atoms with E-state index in [1.54, 1.807) is 0 Å². The average molecular weight is 217 g/mol. The molecule has 0 fully saturated rings. The van der Waals surface area contributed by atoms with Crippen molar-refractivity contribution in [3.8, 4) is 5.75 Å². The minimum atomic E-state index is -0.735. The summed E-state index contributed by atoms with van der Waals surface area (Å²) in [6.45, 7) is 0.262. The third-order valence-electron chi connectivity index (χ3n) is 1.48. The molecule has 0 aliphatic heterocycles. The van der Waals surface area contributed by atoms with Crippen LogP contribution in [0.3, 0.4) is 0 Å². The van der Waals surface area contributed by atoms with E-state index in [9.17, 15) is 14.5 Å². The van der Waals surface area contributed by atoms with E-state index in [0.29, 0.717) is 5.75 Å². The summed E-state index contributed by atoms with van der Waals surface area (Å²) in [7, 11) is 0. The van der Waals surface area contributed by atoms with E-state index >= 15 is 0 Å². The van der Waals surface area contributed by atoms with E-state index < -0.39 is 10.7 Å². The third kappa shape index (κ3) is 2.59. The van der Waals surface area contributed by atoms with Gasteiger partial charge in [-0.05, 0) is 6.07 Å². The summed E-state index contributed by atoms with van der Waals surface area (Å²) in [6.07, 6.45) is 0. The van der Waals surface area contributed by atoms with Crippen LogP contribution in [0.15, 0.2) is 18.2 Å². The smallest absolute Gasteiger partial charge is 0.272 e. The second-order valence-electron chi connectivity index (χ2n) is 2.44. The fourth-order valence-electron chi connectivity index (χ4n) is 0.876. The van der Waals surface area contributed by atoms with Crippen molar-refractivity contribution in [2.45, 2.75) is 0 Å². The van der Waals surface area contributed by atoms with Gasteiger partial charge in [0.15, 0.2) is 11.6 Å². The first-order valence-electron chi connectivity index (χ1n) is 3.82. The van der Waals surface area contributed by atoms with Gasteiger partial charge in [0.1, 0.15) is 0 Å². The van der Waals surface area contributed by atoms with Crippen LogP contribution in [-0.4, -0.2) is 17.3 Å². The molecule has 0 heterocycles. The standard InChI is InChI=1S/C8H8FNO3S/c9-7-5-6(10(11)12)1-2-8(7)13-3-4-14/h1-2,5,14H,3-4H2. The summed E-state index contributed by atoms with van der Waals surface area (Å²) in [5.41, 5.74) is -0.291. The highest BCUT2D eigenvalue weighted by Gasteiger charge is 2.10. The zero-order valence-corrected chi connectivity index (χ0v) is 8.04. The number of ether oxygens (including phenoxy) is 1. The quantitative estimate of drug-likeness (QED) is 0.477. The molecular formula is C8H8FNO3S. The lowest BCUT2D eigenvalue weighted by Crippen LogP contribution is -2.00. The molecule has 0 N–H and O–H groups in total. The summed E-state index contributed by atoms with van der Waals surface area (Å²) >= 11 is 3.88. The molecular weight excluding hydrogens is 209 g/mol. The molecule has 0 unspecified atom stereocenters. The monoisotopic (exact) mass is 217 g/mol. The number of rotatable bonds is 4. The zero-order valence-electron chi connectivity index (χ0n) is 7.14. The van der Waals surface area contributed by atoms with E-state index in [1.165, 1.54) is 12.1 Å². The molecule has 0 aromatic heterocycles. The number of benzene rings is 1. The van der Waals surface area contributed by atoms with Crippen molar-refractivity contribution in [3.63, 3.8) is 0 Å². The Morgan fingerprint density at radius 2 is 2.29 bits per heavy atom. The Morgan fingerprint density at radius 3 is 2.79 bits per heavy atom. The number of halogens is 1. The molecule has 4 nitrogen and oxygen atoms in total. The largest absolute Gasteiger partial charge is 0.490 e. The molecule has 1 aromatic carbocycles. The highest BCUT2D eigenvalue weighted by Crippen LogP contribution is 2.22. The van der Waals surface area contributed by atoms with Crippen LogP contribution in [0.25, 0.3) is 0 Å². The Morgan fingerprint density at radius 1 is 1.57 bits per heavy atom. The van der Waals surface area contributed by atoms with Gasteiger partial charge in [0.05, 0.1) is 17.6 Å². The molecule has 0 spiro atoms. The van der Waals surface area contributed by atoms with Crippen LogP contribution in [0.5, 0.6) is 5.75 Å².